The molecule has 8 nitrogen and oxygen atoms in total. The third-order valence-electron chi connectivity index (χ3n) is 5.99. The van der Waals surface area contributed by atoms with Crippen molar-refractivity contribution in [3.8, 4) is 0 Å². The van der Waals surface area contributed by atoms with Crippen LogP contribution in [0.3, 0.4) is 0 Å². The van der Waals surface area contributed by atoms with Gasteiger partial charge in [-0.1, -0.05) is 60.3 Å². The molecule has 2 aliphatic rings. The minimum atomic E-state index is -0.811. The molecule has 0 radical (unpaired) electrons. The first-order valence-corrected chi connectivity index (χ1v) is 12.2. The van der Waals surface area contributed by atoms with Gasteiger partial charge in [0.15, 0.2) is 6.29 Å². The Kier molecular flexibility index (Phi) is 6.69. The van der Waals surface area contributed by atoms with Gasteiger partial charge in [-0.2, -0.15) is 0 Å². The molecule has 4 unspecified atom stereocenters. The van der Waals surface area contributed by atoms with E-state index in [1.807, 2.05) is 84.9 Å². The van der Waals surface area contributed by atoms with E-state index in [0.29, 0.717) is 5.69 Å². The smallest absolute Gasteiger partial charge is 0.229 e. The standard InChI is InChI=1S/C26H25N5O3S/c32-21-15-18(22-23(29-21)30-26(31-25(22)34)27-16-9-3-1-4-10-16)24(33)28-19-13-7-8-14-20(19)35-17-11-5-2-6-12-17/h1-14,18,22-23,26-27,30H,15H2,(H,28,33)(H,29,32)(H,31,34). The predicted octanol–water partition coefficient (Wildman–Crippen LogP) is 2.97. The van der Waals surface area contributed by atoms with Crippen LogP contribution in [0.1, 0.15) is 6.42 Å². The third kappa shape index (κ3) is 5.31. The zero-order valence-corrected chi connectivity index (χ0v) is 19.5. The molecule has 0 aromatic heterocycles. The van der Waals surface area contributed by atoms with E-state index in [1.54, 1.807) is 0 Å². The number of carbonyl (C=O) groups excluding carboxylic acids is 3. The van der Waals surface area contributed by atoms with E-state index in [9.17, 15) is 14.4 Å². The van der Waals surface area contributed by atoms with Crippen LogP contribution in [0.5, 0.6) is 0 Å². The lowest BCUT2D eigenvalue weighted by Crippen LogP contribution is -2.72. The van der Waals surface area contributed by atoms with E-state index in [2.05, 4.69) is 26.6 Å². The number of nitrogens with one attached hydrogen (secondary N) is 5. The summed E-state index contributed by atoms with van der Waals surface area (Å²) in [5, 5.41) is 15.0. The Balaban J connectivity index is 1.31. The summed E-state index contributed by atoms with van der Waals surface area (Å²) in [4.78, 5) is 40.8. The van der Waals surface area contributed by atoms with Crippen molar-refractivity contribution in [2.75, 3.05) is 10.6 Å². The number of amides is 3. The number of anilines is 2. The second-order valence-electron chi connectivity index (χ2n) is 8.40. The summed E-state index contributed by atoms with van der Waals surface area (Å²) in [6, 6.07) is 26.8. The molecular weight excluding hydrogens is 462 g/mol. The number of benzene rings is 3. The average Bonchev–Trinajstić information content (AvgIpc) is 2.86. The highest BCUT2D eigenvalue weighted by Gasteiger charge is 2.48. The molecule has 9 heteroatoms. The summed E-state index contributed by atoms with van der Waals surface area (Å²) in [6.07, 6.45) is -1.32. The Morgan fingerprint density at radius 1 is 0.857 bits per heavy atom. The van der Waals surface area contributed by atoms with Crippen LogP contribution >= 0.6 is 11.8 Å². The van der Waals surface area contributed by atoms with Crippen molar-refractivity contribution in [1.82, 2.24) is 16.0 Å². The van der Waals surface area contributed by atoms with Crippen LogP contribution in [0, 0.1) is 11.8 Å². The molecule has 2 saturated heterocycles. The Morgan fingerprint density at radius 2 is 1.54 bits per heavy atom. The van der Waals surface area contributed by atoms with Crippen molar-refractivity contribution in [3.05, 3.63) is 84.9 Å². The first-order valence-electron chi connectivity index (χ1n) is 11.4. The van der Waals surface area contributed by atoms with E-state index < -0.39 is 24.3 Å². The summed E-state index contributed by atoms with van der Waals surface area (Å²) in [5.41, 5.74) is 1.45. The topological polar surface area (TPSA) is 111 Å². The summed E-state index contributed by atoms with van der Waals surface area (Å²) in [6.45, 7) is 0. The van der Waals surface area contributed by atoms with Gasteiger partial charge in [-0.3, -0.25) is 19.7 Å². The highest BCUT2D eigenvalue weighted by molar-refractivity contribution is 7.99. The van der Waals surface area contributed by atoms with Gasteiger partial charge in [-0.25, -0.2) is 0 Å². The van der Waals surface area contributed by atoms with Crippen molar-refractivity contribution in [1.29, 1.82) is 0 Å². The lowest BCUT2D eigenvalue weighted by atomic mass is 9.81. The highest BCUT2D eigenvalue weighted by Crippen LogP contribution is 2.34. The summed E-state index contributed by atoms with van der Waals surface area (Å²) in [5.74, 6) is -2.49. The Labute approximate surface area is 207 Å². The molecule has 0 bridgehead atoms. The number of hydrogen-bond donors (Lipinski definition) is 5. The van der Waals surface area contributed by atoms with Crippen LogP contribution < -0.4 is 26.6 Å². The zero-order valence-electron chi connectivity index (χ0n) is 18.7. The largest absolute Gasteiger partial charge is 0.353 e. The summed E-state index contributed by atoms with van der Waals surface area (Å²) >= 11 is 1.53. The highest BCUT2D eigenvalue weighted by atomic mass is 32.2. The van der Waals surface area contributed by atoms with Crippen LogP contribution in [0.15, 0.2) is 94.7 Å². The number of rotatable bonds is 6. The molecule has 3 aromatic carbocycles. The molecule has 5 N–H and O–H groups in total. The lowest BCUT2D eigenvalue weighted by Gasteiger charge is -2.43. The molecule has 0 saturated carbocycles. The Bertz CT molecular complexity index is 1220. The van der Waals surface area contributed by atoms with E-state index in [1.165, 1.54) is 11.8 Å². The second kappa shape index (κ2) is 10.2. The SMILES string of the molecule is O=C1CC(C(=O)Nc2ccccc2Sc2ccccc2)C2C(=O)NC(Nc3ccccc3)NC2N1. The van der Waals surface area contributed by atoms with Crippen LogP contribution in [-0.4, -0.2) is 30.2 Å². The van der Waals surface area contributed by atoms with Crippen LogP contribution in [0.25, 0.3) is 0 Å². The molecule has 2 heterocycles. The van der Waals surface area contributed by atoms with E-state index in [4.69, 9.17) is 0 Å². The van der Waals surface area contributed by atoms with E-state index >= 15 is 0 Å². The molecule has 3 aromatic rings. The first-order chi connectivity index (χ1) is 17.1. The molecule has 178 valence electrons. The maximum atomic E-state index is 13.4. The fourth-order valence-corrected chi connectivity index (χ4v) is 5.28. The Hall–Kier alpha value is -3.82. The van der Waals surface area contributed by atoms with E-state index in [-0.39, 0.29) is 24.1 Å². The molecule has 2 aliphatic heterocycles. The molecule has 2 fully saturated rings. The zero-order chi connectivity index (χ0) is 24.2. The molecule has 35 heavy (non-hydrogen) atoms. The molecule has 0 spiro atoms. The van der Waals surface area contributed by atoms with Crippen molar-refractivity contribution in [2.24, 2.45) is 11.8 Å². The fraction of sp³-hybridized carbons (Fsp3) is 0.192. The number of para-hydroxylation sites is 2. The number of carbonyl (C=O) groups is 3. The third-order valence-corrected chi connectivity index (χ3v) is 7.07. The van der Waals surface area contributed by atoms with Gasteiger partial charge in [0.25, 0.3) is 0 Å². The van der Waals surface area contributed by atoms with Crippen LogP contribution in [0.2, 0.25) is 0 Å². The molecule has 4 atom stereocenters. The minimum Gasteiger partial charge on any atom is -0.353 e. The first kappa shape index (κ1) is 22.9. The van der Waals surface area contributed by atoms with Crippen LogP contribution in [0.4, 0.5) is 11.4 Å². The maximum absolute atomic E-state index is 13.4. The summed E-state index contributed by atoms with van der Waals surface area (Å²) in [7, 11) is 0. The normalized spacial score (nSPS) is 23.4. The average molecular weight is 488 g/mol. The number of hydrogen-bond acceptors (Lipinski definition) is 6. The van der Waals surface area contributed by atoms with Gasteiger partial charge < -0.3 is 21.3 Å². The monoisotopic (exact) mass is 487 g/mol. The van der Waals surface area contributed by atoms with Crippen molar-refractivity contribution >= 4 is 40.9 Å². The molecule has 5 rings (SSSR count). The van der Waals surface area contributed by atoms with Gasteiger partial charge in [-0.05, 0) is 36.4 Å². The van der Waals surface area contributed by atoms with Crippen molar-refractivity contribution < 1.29 is 14.4 Å². The quantitative estimate of drug-likeness (QED) is 0.366. The number of fused-ring (bicyclic) bond motifs is 1. The van der Waals surface area contributed by atoms with Gasteiger partial charge >= 0.3 is 0 Å². The molecule has 0 aliphatic carbocycles. The fourth-order valence-electron chi connectivity index (χ4n) is 4.35. The lowest BCUT2D eigenvalue weighted by molar-refractivity contribution is -0.144. The molecule has 3 amide bonds. The summed E-state index contributed by atoms with van der Waals surface area (Å²) < 4.78 is 0. The Morgan fingerprint density at radius 3 is 2.31 bits per heavy atom. The van der Waals surface area contributed by atoms with Crippen molar-refractivity contribution in [2.45, 2.75) is 28.7 Å². The van der Waals surface area contributed by atoms with Gasteiger partial charge in [0.2, 0.25) is 17.7 Å². The molecular formula is C26H25N5O3S. The van der Waals surface area contributed by atoms with Gasteiger partial charge in [0.1, 0.15) is 0 Å². The number of piperidine rings is 1. The van der Waals surface area contributed by atoms with E-state index in [0.717, 1.165) is 15.5 Å². The van der Waals surface area contributed by atoms with Crippen molar-refractivity contribution in [3.63, 3.8) is 0 Å². The predicted molar refractivity (Wildman–Crippen MR) is 134 cm³/mol. The second-order valence-corrected chi connectivity index (χ2v) is 9.52. The van der Waals surface area contributed by atoms with Gasteiger partial charge in [0, 0.05) is 21.9 Å². The minimum absolute atomic E-state index is 0.0626. The van der Waals surface area contributed by atoms with Gasteiger partial charge in [-0.15, -0.1) is 0 Å². The van der Waals surface area contributed by atoms with Crippen LogP contribution in [-0.2, 0) is 14.4 Å². The maximum Gasteiger partial charge on any atom is 0.229 e. The van der Waals surface area contributed by atoms with Gasteiger partial charge in [0.05, 0.1) is 23.7 Å².